The van der Waals surface area contributed by atoms with Crippen molar-refractivity contribution in [3.8, 4) is 0 Å². The molecular weight excluding hydrogens is 368 g/mol. The predicted molar refractivity (Wildman–Crippen MR) is 111 cm³/mol. The van der Waals surface area contributed by atoms with Crippen LogP contribution in [0.5, 0.6) is 0 Å². The van der Waals surface area contributed by atoms with E-state index in [1.807, 2.05) is 51.1 Å². The van der Waals surface area contributed by atoms with Crippen LogP contribution in [0.15, 0.2) is 30.3 Å². The number of carbonyl (C=O) groups is 2. The molecule has 3 rings (SSSR count). The van der Waals surface area contributed by atoms with Gasteiger partial charge in [0, 0.05) is 32.2 Å². The van der Waals surface area contributed by atoms with E-state index in [9.17, 15) is 9.59 Å². The van der Waals surface area contributed by atoms with Crippen molar-refractivity contribution in [1.29, 1.82) is 0 Å². The third-order valence-electron chi connectivity index (χ3n) is 5.69. The first kappa shape index (κ1) is 21.6. The van der Waals surface area contributed by atoms with Crippen LogP contribution in [0.2, 0.25) is 0 Å². The molecule has 2 atom stereocenters. The first-order valence-electron chi connectivity index (χ1n) is 10.8. The van der Waals surface area contributed by atoms with Gasteiger partial charge in [-0.15, -0.1) is 0 Å². The molecule has 1 aliphatic heterocycles. The largest absolute Gasteiger partial charge is 0.460 e. The van der Waals surface area contributed by atoms with Gasteiger partial charge in [0.05, 0.1) is 5.92 Å². The smallest absolute Gasteiger partial charge is 0.410 e. The fourth-order valence-electron chi connectivity index (χ4n) is 4.25. The Morgan fingerprint density at radius 3 is 2.31 bits per heavy atom. The Balaban J connectivity index is 1.50. The molecule has 1 saturated carbocycles. The molecule has 0 aromatic heterocycles. The summed E-state index contributed by atoms with van der Waals surface area (Å²) in [5, 5.41) is 0. The van der Waals surface area contributed by atoms with E-state index in [0.29, 0.717) is 19.7 Å². The molecule has 1 amide bonds. The Bertz CT molecular complexity index is 678. The summed E-state index contributed by atoms with van der Waals surface area (Å²) < 4.78 is 11.1. The van der Waals surface area contributed by atoms with E-state index in [2.05, 4.69) is 4.90 Å². The minimum atomic E-state index is -0.458. The lowest BCUT2D eigenvalue weighted by molar-refractivity contribution is -0.164. The molecule has 2 aliphatic rings. The number of hydrogen-bond acceptors (Lipinski definition) is 5. The van der Waals surface area contributed by atoms with Gasteiger partial charge in [-0.05, 0) is 39.2 Å². The zero-order valence-electron chi connectivity index (χ0n) is 17.9. The minimum Gasteiger partial charge on any atom is -0.460 e. The summed E-state index contributed by atoms with van der Waals surface area (Å²) in [6.07, 6.45) is 3.86. The minimum absolute atomic E-state index is 0.0699. The van der Waals surface area contributed by atoms with E-state index in [0.717, 1.165) is 44.3 Å². The normalized spacial score (nSPS) is 23.5. The maximum atomic E-state index is 12.7. The van der Waals surface area contributed by atoms with Gasteiger partial charge in [0.25, 0.3) is 0 Å². The standard InChI is InChI=1S/C23H34N2O4/c1-23(2,3)29-21(26)19-11-7-8-12-20(19)24-13-15-25(16-14-24)22(27)28-17-18-9-5-4-6-10-18/h4-6,9-10,19-20H,7-8,11-17H2,1-3H3/t19-,20-/m1/s1. The highest BCUT2D eigenvalue weighted by atomic mass is 16.6. The van der Waals surface area contributed by atoms with Crippen LogP contribution in [-0.2, 0) is 20.9 Å². The van der Waals surface area contributed by atoms with Crippen molar-refractivity contribution in [3.63, 3.8) is 0 Å². The average Bonchev–Trinajstić information content (AvgIpc) is 2.71. The van der Waals surface area contributed by atoms with Crippen molar-refractivity contribution < 1.29 is 19.1 Å². The molecule has 2 fully saturated rings. The molecule has 1 aromatic carbocycles. The van der Waals surface area contributed by atoms with Crippen LogP contribution >= 0.6 is 0 Å². The first-order chi connectivity index (χ1) is 13.8. The van der Waals surface area contributed by atoms with E-state index < -0.39 is 5.60 Å². The third-order valence-corrected chi connectivity index (χ3v) is 5.69. The second kappa shape index (κ2) is 9.61. The van der Waals surface area contributed by atoms with Crippen LogP contribution in [0, 0.1) is 5.92 Å². The third kappa shape index (κ3) is 6.20. The highest BCUT2D eigenvalue weighted by Crippen LogP contribution is 2.31. The van der Waals surface area contributed by atoms with Gasteiger partial charge in [-0.1, -0.05) is 43.2 Å². The van der Waals surface area contributed by atoms with Gasteiger partial charge in [-0.25, -0.2) is 4.79 Å². The van der Waals surface area contributed by atoms with Crippen molar-refractivity contribution in [2.45, 2.75) is 64.7 Å². The number of nitrogens with zero attached hydrogens (tertiary/aromatic N) is 2. The maximum absolute atomic E-state index is 12.7. The molecule has 1 saturated heterocycles. The van der Waals surface area contributed by atoms with Crippen molar-refractivity contribution in [2.75, 3.05) is 26.2 Å². The lowest BCUT2D eigenvalue weighted by Gasteiger charge is -2.43. The molecule has 0 unspecified atom stereocenters. The van der Waals surface area contributed by atoms with Gasteiger partial charge in [0.15, 0.2) is 0 Å². The lowest BCUT2D eigenvalue weighted by atomic mass is 9.83. The molecule has 0 radical (unpaired) electrons. The van der Waals surface area contributed by atoms with E-state index in [4.69, 9.17) is 9.47 Å². The van der Waals surface area contributed by atoms with Crippen molar-refractivity contribution in [1.82, 2.24) is 9.80 Å². The summed E-state index contributed by atoms with van der Waals surface area (Å²) >= 11 is 0. The average molecular weight is 403 g/mol. The number of carbonyl (C=O) groups excluding carboxylic acids is 2. The number of ether oxygens (including phenoxy) is 2. The Morgan fingerprint density at radius 2 is 1.66 bits per heavy atom. The second-order valence-electron chi connectivity index (χ2n) is 9.05. The molecule has 6 heteroatoms. The fraction of sp³-hybridized carbons (Fsp3) is 0.652. The summed E-state index contributed by atoms with van der Waals surface area (Å²) in [7, 11) is 0. The molecule has 1 aliphatic carbocycles. The molecule has 1 aromatic rings. The fourth-order valence-corrected chi connectivity index (χ4v) is 4.25. The Kier molecular flexibility index (Phi) is 7.17. The first-order valence-corrected chi connectivity index (χ1v) is 10.8. The van der Waals surface area contributed by atoms with E-state index in [1.165, 1.54) is 0 Å². The summed E-state index contributed by atoms with van der Waals surface area (Å²) in [6.45, 7) is 8.85. The highest BCUT2D eigenvalue weighted by Gasteiger charge is 2.38. The predicted octanol–water partition coefficient (Wildman–Crippen LogP) is 3.84. The second-order valence-corrected chi connectivity index (χ2v) is 9.05. The Morgan fingerprint density at radius 1 is 1.00 bits per heavy atom. The molecule has 160 valence electrons. The van der Waals surface area contributed by atoms with Gasteiger partial charge < -0.3 is 14.4 Å². The lowest BCUT2D eigenvalue weighted by Crippen LogP contribution is -2.55. The number of benzene rings is 1. The van der Waals surface area contributed by atoms with Gasteiger partial charge in [-0.2, -0.15) is 0 Å². The van der Waals surface area contributed by atoms with Crippen LogP contribution in [-0.4, -0.2) is 59.7 Å². The van der Waals surface area contributed by atoms with E-state index in [-0.39, 0.29) is 24.0 Å². The molecule has 1 heterocycles. The zero-order chi connectivity index (χ0) is 20.9. The topological polar surface area (TPSA) is 59.1 Å². The van der Waals surface area contributed by atoms with E-state index >= 15 is 0 Å². The number of piperazine rings is 1. The number of rotatable bonds is 4. The summed E-state index contributed by atoms with van der Waals surface area (Å²) in [5.41, 5.74) is 0.530. The molecule has 0 spiro atoms. The summed E-state index contributed by atoms with van der Waals surface area (Å²) in [5.74, 6) is -0.147. The van der Waals surface area contributed by atoms with Crippen molar-refractivity contribution >= 4 is 12.1 Å². The molecule has 6 nitrogen and oxygen atoms in total. The Labute approximate surface area is 174 Å². The molecule has 29 heavy (non-hydrogen) atoms. The van der Waals surface area contributed by atoms with Crippen LogP contribution in [0.1, 0.15) is 52.0 Å². The van der Waals surface area contributed by atoms with Crippen molar-refractivity contribution in [3.05, 3.63) is 35.9 Å². The van der Waals surface area contributed by atoms with Crippen molar-refractivity contribution in [2.24, 2.45) is 5.92 Å². The zero-order valence-corrected chi connectivity index (χ0v) is 17.9. The van der Waals surface area contributed by atoms with Crippen LogP contribution in [0.25, 0.3) is 0 Å². The number of hydrogen-bond donors (Lipinski definition) is 0. The van der Waals surface area contributed by atoms with Gasteiger partial charge in [-0.3, -0.25) is 9.69 Å². The van der Waals surface area contributed by atoms with Gasteiger partial charge in [0.2, 0.25) is 0 Å². The van der Waals surface area contributed by atoms with Crippen LogP contribution < -0.4 is 0 Å². The SMILES string of the molecule is CC(C)(C)OC(=O)[C@@H]1CCCC[C@H]1N1CCN(C(=O)OCc2ccccc2)CC1. The van der Waals surface area contributed by atoms with Crippen LogP contribution in [0.3, 0.4) is 0 Å². The summed E-state index contributed by atoms with van der Waals surface area (Å²) in [4.78, 5) is 29.3. The molecular formula is C23H34N2O4. The highest BCUT2D eigenvalue weighted by molar-refractivity contribution is 5.74. The number of amides is 1. The quantitative estimate of drug-likeness (QED) is 0.716. The van der Waals surface area contributed by atoms with Crippen LogP contribution in [0.4, 0.5) is 4.79 Å². The maximum Gasteiger partial charge on any atom is 0.410 e. The summed E-state index contributed by atoms with van der Waals surface area (Å²) in [6, 6.07) is 9.93. The molecule has 0 bridgehead atoms. The number of esters is 1. The van der Waals surface area contributed by atoms with Gasteiger partial charge in [0.1, 0.15) is 12.2 Å². The van der Waals surface area contributed by atoms with Gasteiger partial charge >= 0.3 is 12.1 Å². The Hall–Kier alpha value is -2.08. The van der Waals surface area contributed by atoms with E-state index in [1.54, 1.807) is 4.90 Å². The monoisotopic (exact) mass is 402 g/mol. The molecule has 0 N–H and O–H groups in total.